The lowest BCUT2D eigenvalue weighted by molar-refractivity contribution is 0.490. The summed E-state index contributed by atoms with van der Waals surface area (Å²) in [5.41, 5.74) is 7.63. The van der Waals surface area contributed by atoms with Crippen LogP contribution in [-0.2, 0) is 12.0 Å². The summed E-state index contributed by atoms with van der Waals surface area (Å²) in [5.74, 6) is 5.07. The molecule has 1 unspecified atom stereocenters. The van der Waals surface area contributed by atoms with Gasteiger partial charge in [0.25, 0.3) is 0 Å². The van der Waals surface area contributed by atoms with Crippen molar-refractivity contribution in [2.24, 2.45) is 0 Å². The van der Waals surface area contributed by atoms with Crippen LogP contribution >= 0.6 is 11.8 Å². The molecule has 1 aromatic rings. The van der Waals surface area contributed by atoms with E-state index in [0.29, 0.717) is 5.92 Å². The fourth-order valence-electron chi connectivity index (χ4n) is 2.65. The fraction of sp³-hybridized carbons (Fsp3) is 0.800. The molecule has 4 heteroatoms. The lowest BCUT2D eigenvalue weighted by Gasteiger charge is -2.20. The van der Waals surface area contributed by atoms with Gasteiger partial charge in [-0.15, -0.1) is 0 Å². The molecule has 2 heterocycles. The Hall–Kier alpha value is -0.640. The van der Waals surface area contributed by atoms with Crippen LogP contribution in [0, 0.1) is 0 Å². The van der Waals surface area contributed by atoms with Gasteiger partial charge in [0.05, 0.1) is 5.69 Å². The van der Waals surface area contributed by atoms with E-state index in [-0.39, 0.29) is 5.41 Å². The molecule has 108 valence electrons. The number of nitrogens with two attached hydrogens (primary N) is 1. The molecule has 3 nitrogen and oxygen atoms in total. The van der Waals surface area contributed by atoms with Gasteiger partial charge in [-0.2, -0.15) is 11.8 Å². The molecule has 2 N–H and O–H groups in total. The summed E-state index contributed by atoms with van der Waals surface area (Å²) in [5, 5.41) is 0. The van der Waals surface area contributed by atoms with Gasteiger partial charge in [-0.05, 0) is 18.6 Å². The van der Waals surface area contributed by atoms with Gasteiger partial charge in [0.2, 0.25) is 0 Å². The van der Waals surface area contributed by atoms with E-state index < -0.39 is 0 Å². The molecule has 0 amide bonds. The van der Waals surface area contributed by atoms with Gasteiger partial charge in [0, 0.05) is 23.6 Å². The van der Waals surface area contributed by atoms with Crippen LogP contribution in [0.4, 0.5) is 5.82 Å². The third-order valence-electron chi connectivity index (χ3n) is 3.76. The highest BCUT2D eigenvalue weighted by atomic mass is 32.2. The first-order chi connectivity index (χ1) is 8.95. The minimum Gasteiger partial charge on any atom is -0.384 e. The van der Waals surface area contributed by atoms with Crippen LogP contribution in [0.1, 0.15) is 64.4 Å². The summed E-state index contributed by atoms with van der Waals surface area (Å²) in [6.45, 7) is 9.90. The highest BCUT2D eigenvalue weighted by Gasteiger charge is 2.29. The number of anilines is 1. The minimum absolute atomic E-state index is 0.0614. The summed E-state index contributed by atoms with van der Waals surface area (Å²) < 4.78 is 2.27. The van der Waals surface area contributed by atoms with Crippen molar-refractivity contribution in [3.63, 3.8) is 0 Å². The van der Waals surface area contributed by atoms with E-state index >= 15 is 0 Å². The van der Waals surface area contributed by atoms with Gasteiger partial charge in [0.1, 0.15) is 11.6 Å². The van der Waals surface area contributed by atoms with Crippen molar-refractivity contribution in [2.75, 3.05) is 17.2 Å². The first kappa shape index (κ1) is 14.8. The van der Waals surface area contributed by atoms with Crippen molar-refractivity contribution in [1.82, 2.24) is 9.55 Å². The van der Waals surface area contributed by atoms with E-state index in [2.05, 4.69) is 32.3 Å². The standard InChI is InChI=1S/C15H27N3S/c1-5-6-8-18-13(16)12(11-7-9-19-10-11)17-14(18)15(2,3)4/h11H,5-10,16H2,1-4H3. The van der Waals surface area contributed by atoms with Crippen molar-refractivity contribution in [1.29, 1.82) is 0 Å². The Morgan fingerprint density at radius 1 is 1.42 bits per heavy atom. The Labute approximate surface area is 121 Å². The highest BCUT2D eigenvalue weighted by molar-refractivity contribution is 7.99. The Morgan fingerprint density at radius 2 is 2.16 bits per heavy atom. The molecule has 0 bridgehead atoms. The normalized spacial score (nSPS) is 20.1. The fourth-order valence-corrected chi connectivity index (χ4v) is 3.88. The van der Waals surface area contributed by atoms with Crippen LogP contribution in [0.3, 0.4) is 0 Å². The molecular formula is C15H27N3S. The Morgan fingerprint density at radius 3 is 2.68 bits per heavy atom. The average Bonchev–Trinajstić information content (AvgIpc) is 2.93. The van der Waals surface area contributed by atoms with E-state index in [1.165, 1.54) is 30.8 Å². The van der Waals surface area contributed by atoms with Gasteiger partial charge in [-0.25, -0.2) is 4.98 Å². The Bertz CT molecular complexity index is 425. The van der Waals surface area contributed by atoms with Crippen molar-refractivity contribution >= 4 is 17.6 Å². The zero-order valence-corrected chi connectivity index (χ0v) is 13.5. The maximum Gasteiger partial charge on any atom is 0.127 e. The maximum absolute atomic E-state index is 6.41. The number of nitrogens with zero attached hydrogens (tertiary/aromatic N) is 2. The number of hydrogen-bond donors (Lipinski definition) is 1. The van der Waals surface area contributed by atoms with Crippen LogP contribution in [0.2, 0.25) is 0 Å². The van der Waals surface area contributed by atoms with Crippen LogP contribution in [0.25, 0.3) is 0 Å². The molecule has 1 fully saturated rings. The third kappa shape index (κ3) is 3.10. The van der Waals surface area contributed by atoms with Gasteiger partial charge < -0.3 is 10.3 Å². The number of aromatic nitrogens is 2. The Kier molecular flexibility index (Phi) is 4.49. The van der Waals surface area contributed by atoms with E-state index in [4.69, 9.17) is 10.7 Å². The highest BCUT2D eigenvalue weighted by Crippen LogP contribution is 2.37. The first-order valence-electron chi connectivity index (χ1n) is 7.39. The van der Waals surface area contributed by atoms with Crippen molar-refractivity contribution in [2.45, 2.75) is 64.8 Å². The average molecular weight is 281 g/mol. The van der Waals surface area contributed by atoms with Crippen molar-refractivity contribution < 1.29 is 0 Å². The van der Waals surface area contributed by atoms with Crippen molar-refractivity contribution in [3.8, 4) is 0 Å². The number of nitrogen functional groups attached to an aromatic ring is 1. The van der Waals surface area contributed by atoms with E-state index in [0.717, 1.165) is 23.9 Å². The summed E-state index contributed by atoms with van der Waals surface area (Å²) >= 11 is 2.02. The SMILES string of the molecule is CCCCn1c(C(C)(C)C)nc(C2CCSC2)c1N. The molecule has 0 spiro atoms. The second-order valence-electron chi connectivity index (χ2n) is 6.52. The smallest absolute Gasteiger partial charge is 0.127 e. The summed E-state index contributed by atoms with van der Waals surface area (Å²) in [4.78, 5) is 4.94. The second kappa shape index (κ2) is 5.78. The van der Waals surface area contributed by atoms with Crippen LogP contribution < -0.4 is 5.73 Å². The topological polar surface area (TPSA) is 43.8 Å². The number of imidazole rings is 1. The molecule has 1 saturated heterocycles. The summed E-state index contributed by atoms with van der Waals surface area (Å²) in [6.07, 6.45) is 3.58. The molecular weight excluding hydrogens is 254 g/mol. The van der Waals surface area contributed by atoms with Crippen LogP contribution in [0.15, 0.2) is 0 Å². The number of unbranched alkanes of at least 4 members (excludes halogenated alkanes) is 1. The third-order valence-corrected chi connectivity index (χ3v) is 4.92. The minimum atomic E-state index is 0.0614. The summed E-state index contributed by atoms with van der Waals surface area (Å²) in [7, 11) is 0. The lowest BCUT2D eigenvalue weighted by Crippen LogP contribution is -2.20. The predicted octanol–water partition coefficient (Wildman–Crippen LogP) is 3.78. The van der Waals surface area contributed by atoms with E-state index in [1.807, 2.05) is 11.8 Å². The molecule has 1 aliphatic rings. The molecule has 0 saturated carbocycles. The predicted molar refractivity (Wildman–Crippen MR) is 84.9 cm³/mol. The second-order valence-corrected chi connectivity index (χ2v) is 7.67. The number of rotatable bonds is 4. The quantitative estimate of drug-likeness (QED) is 0.913. The van der Waals surface area contributed by atoms with Crippen LogP contribution in [-0.4, -0.2) is 21.1 Å². The zero-order valence-electron chi connectivity index (χ0n) is 12.7. The molecule has 1 aromatic heterocycles. The molecule has 1 aliphatic heterocycles. The largest absolute Gasteiger partial charge is 0.384 e. The van der Waals surface area contributed by atoms with Crippen LogP contribution in [0.5, 0.6) is 0 Å². The molecule has 19 heavy (non-hydrogen) atoms. The number of hydrogen-bond acceptors (Lipinski definition) is 3. The van der Waals surface area contributed by atoms with Gasteiger partial charge in [-0.3, -0.25) is 0 Å². The number of thioether (sulfide) groups is 1. The Balaban J connectivity index is 2.37. The lowest BCUT2D eigenvalue weighted by atomic mass is 9.95. The van der Waals surface area contributed by atoms with Crippen molar-refractivity contribution in [3.05, 3.63) is 11.5 Å². The van der Waals surface area contributed by atoms with Gasteiger partial charge in [0.15, 0.2) is 0 Å². The molecule has 2 rings (SSSR count). The molecule has 0 aliphatic carbocycles. The maximum atomic E-state index is 6.41. The molecule has 0 aromatic carbocycles. The van der Waals surface area contributed by atoms with Gasteiger partial charge >= 0.3 is 0 Å². The van der Waals surface area contributed by atoms with Gasteiger partial charge in [-0.1, -0.05) is 34.1 Å². The monoisotopic (exact) mass is 281 g/mol. The van der Waals surface area contributed by atoms with E-state index in [1.54, 1.807) is 0 Å². The van der Waals surface area contributed by atoms with E-state index in [9.17, 15) is 0 Å². The first-order valence-corrected chi connectivity index (χ1v) is 8.54. The molecule has 0 radical (unpaired) electrons. The zero-order chi connectivity index (χ0) is 14.0. The molecule has 1 atom stereocenters. The summed E-state index contributed by atoms with van der Waals surface area (Å²) in [6, 6.07) is 0.